The molecule has 212 valence electrons. The Morgan fingerprint density at radius 2 is 1.82 bits per heavy atom. The standard InChI is InChI=1S/C28H34N6O6/c1-20-6-3-4-7-22(20)31-28(39)32-23-9-8-21(16-24(23)40-2)17-25(35)30-18-26(36)34(14-10-27(37)38)13-5-12-33-15-11-29-19-33/h3-4,6-9,11,15-16,19H,5,10,12-14,17-18H2,1-2H3,(H,30,35)(H,37,38)(H2,31,32,39). The minimum absolute atomic E-state index is 0.0188. The minimum Gasteiger partial charge on any atom is -0.495 e. The number of anilines is 2. The van der Waals surface area contributed by atoms with Gasteiger partial charge in [0.05, 0.1) is 38.5 Å². The van der Waals surface area contributed by atoms with E-state index in [2.05, 4.69) is 20.9 Å². The van der Waals surface area contributed by atoms with Crippen LogP contribution in [0.25, 0.3) is 0 Å². The average Bonchev–Trinajstić information content (AvgIpc) is 3.45. The first kappa shape index (κ1) is 29.7. The van der Waals surface area contributed by atoms with E-state index < -0.39 is 12.0 Å². The summed E-state index contributed by atoms with van der Waals surface area (Å²) < 4.78 is 7.26. The zero-order valence-corrected chi connectivity index (χ0v) is 22.6. The number of hydrogen-bond donors (Lipinski definition) is 4. The number of carbonyl (C=O) groups is 4. The first-order valence-electron chi connectivity index (χ1n) is 12.8. The lowest BCUT2D eigenvalue weighted by Gasteiger charge is -2.22. The molecule has 0 aliphatic carbocycles. The molecule has 0 bridgehead atoms. The third-order valence-electron chi connectivity index (χ3n) is 6.06. The van der Waals surface area contributed by atoms with E-state index in [0.29, 0.717) is 42.2 Å². The Morgan fingerprint density at radius 3 is 2.52 bits per heavy atom. The Balaban J connectivity index is 1.51. The molecule has 12 heteroatoms. The fraction of sp³-hybridized carbons (Fsp3) is 0.321. The molecule has 0 spiro atoms. The summed E-state index contributed by atoms with van der Waals surface area (Å²) in [7, 11) is 1.46. The zero-order valence-electron chi connectivity index (χ0n) is 22.6. The number of methoxy groups -OCH3 is 1. The van der Waals surface area contributed by atoms with Crippen molar-refractivity contribution < 1.29 is 29.0 Å². The third kappa shape index (κ3) is 9.46. The number of hydrogen-bond acceptors (Lipinski definition) is 6. The molecule has 0 unspecified atom stereocenters. The maximum Gasteiger partial charge on any atom is 0.323 e. The molecule has 3 rings (SSSR count). The molecule has 40 heavy (non-hydrogen) atoms. The Bertz CT molecular complexity index is 1310. The molecule has 2 aromatic carbocycles. The molecule has 12 nitrogen and oxygen atoms in total. The van der Waals surface area contributed by atoms with Crippen LogP contribution in [0.15, 0.2) is 61.2 Å². The highest BCUT2D eigenvalue weighted by Gasteiger charge is 2.17. The lowest BCUT2D eigenvalue weighted by atomic mass is 10.1. The van der Waals surface area contributed by atoms with Crippen LogP contribution in [0.5, 0.6) is 5.75 Å². The van der Waals surface area contributed by atoms with Crippen molar-refractivity contribution in [3.8, 4) is 5.75 Å². The average molecular weight is 551 g/mol. The number of imidazole rings is 1. The molecule has 4 N–H and O–H groups in total. The van der Waals surface area contributed by atoms with E-state index in [0.717, 1.165) is 5.56 Å². The van der Waals surface area contributed by atoms with Crippen molar-refractivity contribution in [1.29, 1.82) is 0 Å². The Kier molecular flexibility index (Phi) is 11.1. The van der Waals surface area contributed by atoms with Gasteiger partial charge in [0, 0.05) is 37.7 Å². The van der Waals surface area contributed by atoms with Gasteiger partial charge < -0.3 is 35.3 Å². The van der Waals surface area contributed by atoms with Gasteiger partial charge >= 0.3 is 12.0 Å². The first-order chi connectivity index (χ1) is 19.2. The van der Waals surface area contributed by atoms with Gasteiger partial charge in [-0.05, 0) is 42.7 Å². The molecular weight excluding hydrogens is 516 g/mol. The highest BCUT2D eigenvalue weighted by Crippen LogP contribution is 2.26. The SMILES string of the molecule is COc1cc(CC(=O)NCC(=O)N(CCCn2ccnc2)CCC(=O)O)ccc1NC(=O)Nc1ccccc1C. The predicted octanol–water partition coefficient (Wildman–Crippen LogP) is 2.90. The monoisotopic (exact) mass is 550 g/mol. The van der Waals surface area contributed by atoms with E-state index in [1.54, 1.807) is 36.8 Å². The molecule has 0 aliphatic rings. The summed E-state index contributed by atoms with van der Waals surface area (Å²) in [6, 6.07) is 11.9. The number of rotatable bonds is 14. The van der Waals surface area contributed by atoms with E-state index in [1.807, 2.05) is 35.9 Å². The molecule has 0 radical (unpaired) electrons. The minimum atomic E-state index is -1.00. The van der Waals surface area contributed by atoms with Crippen molar-refractivity contribution in [1.82, 2.24) is 19.8 Å². The topological polar surface area (TPSA) is 155 Å². The van der Waals surface area contributed by atoms with Crippen molar-refractivity contribution in [3.05, 3.63) is 72.3 Å². The number of aromatic nitrogens is 2. The number of nitrogens with one attached hydrogen (secondary N) is 3. The summed E-state index contributed by atoms with van der Waals surface area (Å²) in [5, 5.41) is 17.2. The Hall–Kier alpha value is -4.87. The molecule has 1 aromatic heterocycles. The molecule has 3 aromatic rings. The quantitative estimate of drug-likeness (QED) is 0.241. The van der Waals surface area contributed by atoms with Crippen LogP contribution in [0.4, 0.5) is 16.2 Å². The van der Waals surface area contributed by atoms with Crippen molar-refractivity contribution in [2.24, 2.45) is 0 Å². The van der Waals surface area contributed by atoms with Crippen LogP contribution in [0.2, 0.25) is 0 Å². The van der Waals surface area contributed by atoms with E-state index in [1.165, 1.54) is 12.0 Å². The van der Waals surface area contributed by atoms with Crippen LogP contribution in [0.3, 0.4) is 0 Å². The summed E-state index contributed by atoms with van der Waals surface area (Å²) in [6.45, 7) is 2.67. The maximum atomic E-state index is 12.7. The van der Waals surface area contributed by atoms with Gasteiger partial charge in [0.2, 0.25) is 11.8 Å². The zero-order chi connectivity index (χ0) is 28.9. The number of ether oxygens (including phenoxy) is 1. The van der Waals surface area contributed by atoms with Crippen LogP contribution in [-0.4, -0.2) is 70.1 Å². The molecule has 0 aliphatic heterocycles. The second kappa shape index (κ2) is 14.9. The number of carboxylic acids is 1. The molecule has 0 fully saturated rings. The fourth-order valence-electron chi connectivity index (χ4n) is 3.93. The van der Waals surface area contributed by atoms with E-state index in [9.17, 15) is 19.2 Å². The first-order valence-corrected chi connectivity index (χ1v) is 12.8. The molecular formula is C28H34N6O6. The van der Waals surface area contributed by atoms with Gasteiger partial charge in [0.25, 0.3) is 0 Å². The van der Waals surface area contributed by atoms with Crippen molar-refractivity contribution in [2.75, 3.05) is 37.4 Å². The number of carboxylic acid groups (broad SMARTS) is 1. The van der Waals surface area contributed by atoms with Gasteiger partial charge in [0.1, 0.15) is 5.75 Å². The summed E-state index contributed by atoms with van der Waals surface area (Å²) in [6.07, 6.45) is 5.54. The number of carbonyl (C=O) groups excluding carboxylic acids is 3. The van der Waals surface area contributed by atoms with Gasteiger partial charge in [-0.3, -0.25) is 14.4 Å². The molecule has 1 heterocycles. The number of nitrogens with zero attached hydrogens (tertiary/aromatic N) is 3. The van der Waals surface area contributed by atoms with Gasteiger partial charge in [-0.25, -0.2) is 9.78 Å². The van der Waals surface area contributed by atoms with Gasteiger partial charge in [-0.1, -0.05) is 24.3 Å². The second-order valence-corrected chi connectivity index (χ2v) is 9.06. The summed E-state index contributed by atoms with van der Waals surface area (Å²) in [5.41, 5.74) is 2.65. The largest absolute Gasteiger partial charge is 0.495 e. The number of amides is 4. The second-order valence-electron chi connectivity index (χ2n) is 9.06. The van der Waals surface area contributed by atoms with Crippen molar-refractivity contribution >= 4 is 35.2 Å². The third-order valence-corrected chi connectivity index (χ3v) is 6.06. The number of urea groups is 1. The normalized spacial score (nSPS) is 10.4. The van der Waals surface area contributed by atoms with Crippen molar-refractivity contribution in [2.45, 2.75) is 32.7 Å². The van der Waals surface area contributed by atoms with Crippen LogP contribution < -0.4 is 20.7 Å². The van der Waals surface area contributed by atoms with Crippen molar-refractivity contribution in [3.63, 3.8) is 0 Å². The highest BCUT2D eigenvalue weighted by molar-refractivity contribution is 6.01. The van der Waals surface area contributed by atoms with Crippen LogP contribution in [-0.2, 0) is 27.3 Å². The lowest BCUT2D eigenvalue weighted by molar-refractivity contribution is -0.139. The number of aryl methyl sites for hydroxylation is 2. The summed E-state index contributed by atoms with van der Waals surface area (Å²) in [5.74, 6) is -1.38. The van der Waals surface area contributed by atoms with Crippen LogP contribution >= 0.6 is 0 Å². The lowest BCUT2D eigenvalue weighted by Crippen LogP contribution is -2.42. The predicted molar refractivity (Wildman–Crippen MR) is 149 cm³/mol. The Morgan fingerprint density at radius 1 is 1.05 bits per heavy atom. The van der Waals surface area contributed by atoms with Gasteiger partial charge in [0.15, 0.2) is 0 Å². The highest BCUT2D eigenvalue weighted by atomic mass is 16.5. The number of aliphatic carboxylic acids is 1. The molecule has 0 atom stereocenters. The van der Waals surface area contributed by atoms with E-state index >= 15 is 0 Å². The van der Waals surface area contributed by atoms with E-state index in [-0.39, 0.29) is 37.7 Å². The van der Waals surface area contributed by atoms with Gasteiger partial charge in [-0.2, -0.15) is 0 Å². The number of para-hydroxylation sites is 1. The maximum absolute atomic E-state index is 12.7. The summed E-state index contributed by atoms with van der Waals surface area (Å²) >= 11 is 0. The van der Waals surface area contributed by atoms with Gasteiger partial charge in [-0.15, -0.1) is 0 Å². The fourth-order valence-corrected chi connectivity index (χ4v) is 3.93. The Labute approximate surface area is 232 Å². The molecule has 0 saturated carbocycles. The summed E-state index contributed by atoms with van der Waals surface area (Å²) in [4.78, 5) is 54.2. The van der Waals surface area contributed by atoms with E-state index in [4.69, 9.17) is 9.84 Å². The van der Waals surface area contributed by atoms with Crippen LogP contribution in [0.1, 0.15) is 24.0 Å². The number of benzene rings is 2. The molecule has 4 amide bonds. The molecule has 0 saturated heterocycles. The van der Waals surface area contributed by atoms with Crippen LogP contribution in [0, 0.1) is 6.92 Å². The smallest absolute Gasteiger partial charge is 0.323 e.